The predicted molar refractivity (Wildman–Crippen MR) is 170 cm³/mol. The summed E-state index contributed by atoms with van der Waals surface area (Å²) in [7, 11) is -3.69. The highest BCUT2D eigenvalue weighted by Crippen LogP contribution is 2.38. The monoisotopic (exact) mass is 613 g/mol. The second-order valence-electron chi connectivity index (χ2n) is 11.5. The molecule has 0 aliphatic carbocycles. The van der Waals surface area contributed by atoms with Gasteiger partial charge >= 0.3 is 0 Å². The first-order valence-corrected chi connectivity index (χ1v) is 16.6. The second-order valence-corrected chi connectivity index (χ2v) is 13.1. The van der Waals surface area contributed by atoms with Crippen LogP contribution in [-0.2, 0) is 32.6 Å². The number of anilines is 1. The molecule has 2 saturated heterocycles. The summed E-state index contributed by atoms with van der Waals surface area (Å²) in [6.45, 7) is 5.74. The number of hydrogen-bond donors (Lipinski definition) is 2. The van der Waals surface area contributed by atoms with Crippen LogP contribution in [0.3, 0.4) is 0 Å². The Morgan fingerprint density at radius 3 is 1.98 bits per heavy atom. The van der Waals surface area contributed by atoms with Crippen molar-refractivity contribution in [1.82, 2.24) is 9.80 Å². The number of sulfonamides is 1. The van der Waals surface area contributed by atoms with E-state index < -0.39 is 16.3 Å². The van der Waals surface area contributed by atoms with Crippen molar-refractivity contribution >= 4 is 15.7 Å². The number of hydrogen-bond acceptors (Lipinski definition) is 7. The van der Waals surface area contributed by atoms with Crippen LogP contribution in [0, 0.1) is 0 Å². The molecule has 8 nitrogen and oxygen atoms in total. The van der Waals surface area contributed by atoms with Gasteiger partial charge in [0.05, 0.1) is 23.7 Å². The van der Waals surface area contributed by atoms with Crippen LogP contribution in [0.25, 0.3) is 0 Å². The summed E-state index contributed by atoms with van der Waals surface area (Å²) in [5, 5.41) is 9.51. The van der Waals surface area contributed by atoms with Crippen LogP contribution < -0.4 is 4.72 Å². The van der Waals surface area contributed by atoms with Crippen LogP contribution in [0.1, 0.15) is 41.1 Å². The van der Waals surface area contributed by atoms with E-state index in [-0.39, 0.29) is 23.7 Å². The molecule has 9 heteroatoms. The zero-order valence-electron chi connectivity index (χ0n) is 24.7. The number of aliphatic hydroxyl groups is 1. The van der Waals surface area contributed by atoms with Crippen LogP contribution >= 0.6 is 0 Å². The Morgan fingerprint density at radius 1 is 0.705 bits per heavy atom. The minimum absolute atomic E-state index is 0.00318. The lowest BCUT2D eigenvalue weighted by atomic mass is 9.99. The molecule has 2 aliphatic heterocycles. The molecule has 2 heterocycles. The molecule has 3 atom stereocenters. The first-order valence-electron chi connectivity index (χ1n) is 15.1. The Hall–Kier alpha value is -3.57. The fourth-order valence-electron chi connectivity index (χ4n) is 5.81. The second kappa shape index (κ2) is 14.0. The van der Waals surface area contributed by atoms with Gasteiger partial charge in [0.15, 0.2) is 6.29 Å². The van der Waals surface area contributed by atoms with E-state index in [1.54, 1.807) is 42.5 Å². The molecule has 2 N–H and O–H groups in total. The average Bonchev–Trinajstić information content (AvgIpc) is 3.07. The average molecular weight is 614 g/mol. The number of nitrogens with zero attached hydrogens (tertiary/aromatic N) is 2. The molecular weight excluding hydrogens is 574 g/mol. The molecule has 0 spiro atoms. The van der Waals surface area contributed by atoms with Crippen molar-refractivity contribution in [2.24, 2.45) is 0 Å². The third-order valence-corrected chi connectivity index (χ3v) is 9.68. The number of ether oxygens (including phenoxy) is 2. The topological polar surface area (TPSA) is 91.3 Å². The van der Waals surface area contributed by atoms with Gasteiger partial charge in [0.2, 0.25) is 0 Å². The molecule has 6 rings (SSSR count). The van der Waals surface area contributed by atoms with Crippen molar-refractivity contribution < 1.29 is 23.0 Å². The molecule has 0 saturated carbocycles. The first kappa shape index (κ1) is 30.5. The van der Waals surface area contributed by atoms with Gasteiger partial charge in [0.1, 0.15) is 0 Å². The summed E-state index contributed by atoms with van der Waals surface area (Å²) in [6, 6.07) is 34.0. The molecular formula is C35H39N3O5S. The Labute approximate surface area is 259 Å². The van der Waals surface area contributed by atoms with Gasteiger partial charge in [-0.3, -0.25) is 14.5 Å². The third-order valence-electron chi connectivity index (χ3n) is 8.28. The number of piperazine rings is 1. The highest BCUT2D eigenvalue weighted by atomic mass is 32.2. The zero-order chi connectivity index (χ0) is 30.4. The van der Waals surface area contributed by atoms with Crippen molar-refractivity contribution in [3.8, 4) is 0 Å². The summed E-state index contributed by atoms with van der Waals surface area (Å²) in [5.74, 6) is 0. The summed E-state index contributed by atoms with van der Waals surface area (Å²) in [4.78, 5) is 5.18. The molecule has 4 aromatic rings. The smallest absolute Gasteiger partial charge is 0.261 e. The molecule has 230 valence electrons. The number of rotatable bonds is 10. The fraction of sp³-hybridized carbons (Fsp3) is 0.314. The summed E-state index contributed by atoms with van der Waals surface area (Å²) in [6.07, 6.45) is -0.112. The standard InChI is InChI=1S/C35H39N3O5S/c39-26-28-11-13-29(14-12-28)34-23-32(25-38-21-19-37(20-22-38)24-27-7-3-1-4-8-27)42-35(43-34)30-15-17-31(18-16-30)36-44(40,41)33-9-5-2-6-10-33/h1-18,32,34-36,39H,19-26H2/t32-,34+,35+/m0/s1. The summed E-state index contributed by atoms with van der Waals surface area (Å²) < 4.78 is 41.3. The van der Waals surface area contributed by atoms with E-state index in [2.05, 4.69) is 44.9 Å². The van der Waals surface area contributed by atoms with Crippen molar-refractivity contribution in [1.29, 1.82) is 0 Å². The SMILES string of the molecule is O=S(=O)(Nc1ccc([C@@H]2O[C@H](CN3CCN(Cc4ccccc4)CC3)C[C@H](c3ccc(CO)cc3)O2)cc1)c1ccccc1. The number of aliphatic hydroxyl groups excluding tert-OH is 1. The van der Waals surface area contributed by atoms with E-state index in [0.29, 0.717) is 12.1 Å². The number of nitrogens with one attached hydrogen (secondary N) is 1. The molecule has 0 aromatic heterocycles. The van der Waals surface area contributed by atoms with Crippen LogP contribution in [-0.4, -0.2) is 62.2 Å². The minimum Gasteiger partial charge on any atom is -0.392 e. The molecule has 0 unspecified atom stereocenters. The number of benzene rings is 4. The molecule has 0 radical (unpaired) electrons. The van der Waals surface area contributed by atoms with Gasteiger partial charge in [0, 0.05) is 56.9 Å². The predicted octanol–water partition coefficient (Wildman–Crippen LogP) is 5.34. The third kappa shape index (κ3) is 7.74. The van der Waals surface area contributed by atoms with E-state index in [1.165, 1.54) is 5.56 Å². The van der Waals surface area contributed by atoms with Crippen molar-refractivity contribution in [2.45, 2.75) is 43.0 Å². The van der Waals surface area contributed by atoms with E-state index in [4.69, 9.17) is 9.47 Å². The Kier molecular flexibility index (Phi) is 9.71. The summed E-state index contributed by atoms with van der Waals surface area (Å²) >= 11 is 0. The largest absolute Gasteiger partial charge is 0.392 e. The van der Waals surface area contributed by atoms with Crippen LogP contribution in [0.15, 0.2) is 114 Å². The van der Waals surface area contributed by atoms with E-state index in [1.807, 2.05) is 36.4 Å². The van der Waals surface area contributed by atoms with E-state index in [9.17, 15) is 13.5 Å². The quantitative estimate of drug-likeness (QED) is 0.250. The van der Waals surface area contributed by atoms with Crippen molar-refractivity contribution in [3.05, 3.63) is 131 Å². The maximum Gasteiger partial charge on any atom is 0.261 e. The molecule has 2 fully saturated rings. The maximum atomic E-state index is 12.8. The minimum atomic E-state index is -3.69. The van der Waals surface area contributed by atoms with Gasteiger partial charge in [-0.05, 0) is 41.0 Å². The first-order chi connectivity index (χ1) is 21.4. The van der Waals surface area contributed by atoms with Crippen molar-refractivity contribution in [2.75, 3.05) is 37.4 Å². The fourth-order valence-corrected chi connectivity index (χ4v) is 6.89. The van der Waals surface area contributed by atoms with Crippen molar-refractivity contribution in [3.63, 3.8) is 0 Å². The Bertz CT molecular complexity index is 1580. The van der Waals surface area contributed by atoms with Gasteiger partial charge in [-0.1, -0.05) is 84.9 Å². The van der Waals surface area contributed by atoms with E-state index in [0.717, 1.165) is 56.0 Å². The lowest BCUT2D eigenvalue weighted by molar-refractivity contribution is -0.253. The lowest BCUT2D eigenvalue weighted by Crippen LogP contribution is -2.49. The normalized spacial score (nSPS) is 21.6. The van der Waals surface area contributed by atoms with E-state index >= 15 is 0 Å². The molecule has 2 aliphatic rings. The van der Waals surface area contributed by atoms with Gasteiger partial charge < -0.3 is 14.6 Å². The van der Waals surface area contributed by atoms with Gasteiger partial charge in [-0.2, -0.15) is 0 Å². The van der Waals surface area contributed by atoms with Gasteiger partial charge in [0.25, 0.3) is 10.0 Å². The lowest BCUT2D eigenvalue weighted by Gasteiger charge is -2.40. The summed E-state index contributed by atoms with van der Waals surface area (Å²) in [5.41, 5.74) is 4.53. The van der Waals surface area contributed by atoms with Gasteiger partial charge in [-0.25, -0.2) is 8.42 Å². The van der Waals surface area contributed by atoms with Gasteiger partial charge in [-0.15, -0.1) is 0 Å². The zero-order valence-corrected chi connectivity index (χ0v) is 25.5. The Morgan fingerprint density at radius 2 is 1.32 bits per heavy atom. The van der Waals surface area contributed by atoms with Crippen LogP contribution in [0.5, 0.6) is 0 Å². The molecule has 0 bridgehead atoms. The Balaban J connectivity index is 1.13. The highest BCUT2D eigenvalue weighted by molar-refractivity contribution is 7.92. The molecule has 4 aromatic carbocycles. The van der Waals surface area contributed by atoms with Crippen LogP contribution in [0.4, 0.5) is 5.69 Å². The maximum absolute atomic E-state index is 12.8. The van der Waals surface area contributed by atoms with Crippen LogP contribution in [0.2, 0.25) is 0 Å². The molecule has 44 heavy (non-hydrogen) atoms. The highest BCUT2D eigenvalue weighted by Gasteiger charge is 2.34. The molecule has 0 amide bonds.